The average Bonchev–Trinajstić information content (AvgIpc) is 2.53. The van der Waals surface area contributed by atoms with E-state index in [2.05, 4.69) is 37.4 Å². The Kier molecular flexibility index (Phi) is 5.84. The van der Waals surface area contributed by atoms with Gasteiger partial charge >= 0.3 is 0 Å². The molecule has 1 aliphatic rings. The quantitative estimate of drug-likeness (QED) is 0.627. The lowest BCUT2D eigenvalue weighted by Crippen LogP contribution is -2.45. The summed E-state index contributed by atoms with van der Waals surface area (Å²) >= 11 is 4.64. The van der Waals surface area contributed by atoms with Gasteiger partial charge in [-0.2, -0.15) is 0 Å². The lowest BCUT2D eigenvalue weighted by Gasteiger charge is -2.38. The number of guanidine groups is 1. The van der Waals surface area contributed by atoms with Gasteiger partial charge in [0, 0.05) is 50.1 Å². The van der Waals surface area contributed by atoms with Gasteiger partial charge in [-0.3, -0.25) is 0 Å². The molecule has 1 atom stereocenters. The smallest absolute Gasteiger partial charge is 0.219 e. The summed E-state index contributed by atoms with van der Waals surface area (Å²) in [4.78, 5) is 17.9. The van der Waals surface area contributed by atoms with Gasteiger partial charge in [0.25, 0.3) is 0 Å². The van der Waals surface area contributed by atoms with Gasteiger partial charge in [0.1, 0.15) is 0 Å². The van der Waals surface area contributed by atoms with Crippen molar-refractivity contribution in [2.75, 3.05) is 39.6 Å². The fraction of sp³-hybridized carbons (Fsp3) is 0.533. The van der Waals surface area contributed by atoms with E-state index in [0.29, 0.717) is 13.2 Å². The van der Waals surface area contributed by atoms with E-state index in [4.69, 9.17) is 10.5 Å². The van der Waals surface area contributed by atoms with Crippen molar-refractivity contribution in [1.29, 1.82) is 0 Å². The number of aromatic nitrogens is 2. The highest BCUT2D eigenvalue weighted by Crippen LogP contribution is 2.35. The number of anilines is 1. The Bertz CT molecular complexity index is 600. The molecule has 0 aliphatic carbocycles. The Balaban J connectivity index is 2.26. The van der Waals surface area contributed by atoms with Gasteiger partial charge in [0.2, 0.25) is 11.9 Å². The summed E-state index contributed by atoms with van der Waals surface area (Å²) in [5.74, 6) is 1.12. The van der Waals surface area contributed by atoms with E-state index in [0.717, 1.165) is 28.7 Å². The number of nitrogen functional groups attached to an aromatic ring is 1. The number of aliphatic imine (C=N–C) groups is 1. The molecule has 0 aromatic carbocycles. The summed E-state index contributed by atoms with van der Waals surface area (Å²) in [5.41, 5.74) is 7.39. The van der Waals surface area contributed by atoms with Crippen molar-refractivity contribution < 1.29 is 4.74 Å². The maximum atomic E-state index is 5.58. The van der Waals surface area contributed by atoms with Gasteiger partial charge in [-0.05, 0) is 13.8 Å². The molecule has 23 heavy (non-hydrogen) atoms. The third-order valence-corrected chi connectivity index (χ3v) is 4.29. The van der Waals surface area contributed by atoms with E-state index in [1.807, 2.05) is 27.9 Å². The fourth-order valence-corrected chi connectivity index (χ4v) is 2.83. The molecule has 0 spiro atoms. The number of nitrogens with two attached hydrogens (primary N) is 1. The van der Waals surface area contributed by atoms with Crippen LogP contribution in [-0.2, 0) is 4.74 Å². The van der Waals surface area contributed by atoms with Crippen LogP contribution in [0.15, 0.2) is 28.0 Å². The molecule has 0 amide bonds. The van der Waals surface area contributed by atoms with Crippen molar-refractivity contribution in [2.24, 2.45) is 4.99 Å². The number of rotatable bonds is 5. The van der Waals surface area contributed by atoms with Crippen LogP contribution in [-0.4, -0.2) is 59.6 Å². The zero-order valence-corrected chi connectivity index (χ0v) is 14.9. The van der Waals surface area contributed by atoms with Crippen LogP contribution in [0.25, 0.3) is 0 Å². The highest BCUT2D eigenvalue weighted by molar-refractivity contribution is 7.84. The van der Waals surface area contributed by atoms with Crippen molar-refractivity contribution in [3.05, 3.63) is 28.6 Å². The number of hydrogen-bond donors (Lipinski definition) is 2. The van der Waals surface area contributed by atoms with Crippen LogP contribution in [0.1, 0.15) is 25.5 Å². The second-order valence-electron chi connectivity index (χ2n) is 5.39. The Morgan fingerprint density at radius 3 is 2.65 bits per heavy atom. The summed E-state index contributed by atoms with van der Waals surface area (Å²) in [7, 11) is 3.99. The molecule has 0 saturated heterocycles. The molecule has 2 rings (SSSR count). The van der Waals surface area contributed by atoms with E-state index >= 15 is 0 Å². The van der Waals surface area contributed by atoms with Crippen LogP contribution in [0, 0.1) is 0 Å². The molecule has 0 saturated carbocycles. The number of nitrogens with zero attached hydrogens (tertiary/aromatic N) is 5. The van der Waals surface area contributed by atoms with Gasteiger partial charge in [-0.25, -0.2) is 15.0 Å². The molecule has 8 heteroatoms. The molecule has 1 aromatic heterocycles. The molecule has 0 bridgehead atoms. The Morgan fingerprint density at radius 1 is 1.39 bits per heavy atom. The van der Waals surface area contributed by atoms with Gasteiger partial charge in [0.05, 0.1) is 18.3 Å². The monoisotopic (exact) mass is 336 g/mol. The first-order valence-corrected chi connectivity index (χ1v) is 7.98. The standard InChI is InChI=1S/C15H24N6OS/c1-5-22-7-6-20(3)15-19-10(2)13(23)12(21(15)4)11-8-17-14(16)18-9-11/h8-9,12,23H,5-7H2,1-4H3,(H2,16,17,18). The third kappa shape index (κ3) is 3.94. The summed E-state index contributed by atoms with van der Waals surface area (Å²) < 4.78 is 5.43. The van der Waals surface area contributed by atoms with E-state index in [-0.39, 0.29) is 12.0 Å². The summed E-state index contributed by atoms with van der Waals surface area (Å²) in [5, 5.41) is 0. The minimum atomic E-state index is -0.0824. The third-order valence-electron chi connectivity index (χ3n) is 3.72. The number of allylic oxidation sites excluding steroid dienone is 1. The zero-order valence-electron chi connectivity index (χ0n) is 14.0. The molecule has 126 valence electrons. The average molecular weight is 336 g/mol. The van der Waals surface area contributed by atoms with Crippen LogP contribution in [0.2, 0.25) is 0 Å². The Hall–Kier alpha value is -1.80. The van der Waals surface area contributed by atoms with Crippen LogP contribution in [0.3, 0.4) is 0 Å². The van der Waals surface area contributed by atoms with E-state index < -0.39 is 0 Å². The largest absolute Gasteiger partial charge is 0.380 e. The molecule has 0 radical (unpaired) electrons. The predicted molar refractivity (Wildman–Crippen MR) is 95.2 cm³/mol. The molecule has 2 heterocycles. The Morgan fingerprint density at radius 2 is 2.04 bits per heavy atom. The van der Waals surface area contributed by atoms with Crippen molar-refractivity contribution >= 4 is 24.5 Å². The number of hydrogen-bond acceptors (Lipinski definition) is 8. The van der Waals surface area contributed by atoms with Crippen molar-refractivity contribution in [1.82, 2.24) is 19.8 Å². The van der Waals surface area contributed by atoms with E-state index in [1.165, 1.54) is 0 Å². The first-order chi connectivity index (χ1) is 11.0. The van der Waals surface area contributed by atoms with Crippen molar-refractivity contribution in [3.63, 3.8) is 0 Å². The molecular weight excluding hydrogens is 312 g/mol. The molecule has 2 N–H and O–H groups in total. The summed E-state index contributed by atoms with van der Waals surface area (Å²) in [6.45, 7) is 6.07. The molecule has 7 nitrogen and oxygen atoms in total. The van der Waals surface area contributed by atoms with E-state index in [1.54, 1.807) is 12.4 Å². The molecule has 1 aromatic rings. The minimum Gasteiger partial charge on any atom is -0.380 e. The van der Waals surface area contributed by atoms with Gasteiger partial charge < -0.3 is 20.3 Å². The highest BCUT2D eigenvalue weighted by atomic mass is 32.1. The second-order valence-corrected chi connectivity index (χ2v) is 5.87. The van der Waals surface area contributed by atoms with Crippen molar-refractivity contribution in [2.45, 2.75) is 19.9 Å². The van der Waals surface area contributed by atoms with Crippen LogP contribution < -0.4 is 5.73 Å². The zero-order chi connectivity index (χ0) is 17.0. The molecule has 1 aliphatic heterocycles. The van der Waals surface area contributed by atoms with Gasteiger partial charge in [-0.1, -0.05) is 0 Å². The molecule has 0 fully saturated rings. The van der Waals surface area contributed by atoms with Gasteiger partial charge in [-0.15, -0.1) is 12.6 Å². The number of thiol groups is 1. The summed E-state index contributed by atoms with van der Waals surface area (Å²) in [6.07, 6.45) is 3.46. The van der Waals surface area contributed by atoms with Crippen LogP contribution in [0.4, 0.5) is 5.95 Å². The van der Waals surface area contributed by atoms with Crippen molar-refractivity contribution in [3.8, 4) is 0 Å². The normalized spacial score (nSPS) is 18.2. The van der Waals surface area contributed by atoms with Crippen LogP contribution in [0.5, 0.6) is 0 Å². The Labute approximate surface area is 142 Å². The second kappa shape index (κ2) is 7.65. The number of likely N-dealkylation sites (N-methyl/N-ethyl adjacent to an activating group) is 2. The maximum Gasteiger partial charge on any atom is 0.219 e. The van der Waals surface area contributed by atoms with Gasteiger partial charge in [0.15, 0.2) is 0 Å². The highest BCUT2D eigenvalue weighted by Gasteiger charge is 2.30. The minimum absolute atomic E-state index is 0.0824. The van der Waals surface area contributed by atoms with E-state index in [9.17, 15) is 0 Å². The lowest BCUT2D eigenvalue weighted by atomic mass is 10.1. The number of ether oxygens (including phenoxy) is 1. The fourth-order valence-electron chi connectivity index (χ4n) is 2.45. The maximum absolute atomic E-state index is 5.58. The summed E-state index contributed by atoms with van der Waals surface area (Å²) in [6, 6.07) is -0.0824. The lowest BCUT2D eigenvalue weighted by molar-refractivity contribution is 0.133. The first kappa shape index (κ1) is 17.6. The van der Waals surface area contributed by atoms with Crippen LogP contribution >= 0.6 is 12.6 Å². The first-order valence-electron chi connectivity index (χ1n) is 7.53. The molecular formula is C15H24N6OS. The predicted octanol–water partition coefficient (Wildman–Crippen LogP) is 1.53. The molecule has 1 unspecified atom stereocenters. The topological polar surface area (TPSA) is 79.9 Å². The SMILES string of the molecule is CCOCCN(C)C1=NC(C)=C(S)C(c2cnc(N)nc2)N1C.